The summed E-state index contributed by atoms with van der Waals surface area (Å²) in [6.07, 6.45) is 0. The number of nitrogens with one attached hydrogen (secondary N) is 1. The van der Waals surface area contributed by atoms with Crippen molar-refractivity contribution in [3.63, 3.8) is 0 Å². The standard InChI is InChI=1S/C16H16N2O6S.Na/c1-9-10(2)15(20)18(16(21)13(9)14(19)17-3)8-11-4-6-12(7-5-11)25(22,23)24;/h4-7H,2,8H2,1,3H3,(H,17,19)(H,22,23,24);/q;+1/p-1. The molecule has 0 aliphatic carbocycles. The molecule has 0 radical (unpaired) electrons. The summed E-state index contributed by atoms with van der Waals surface area (Å²) in [5.74, 6) is -2.04. The Morgan fingerprint density at radius 1 is 1.19 bits per heavy atom. The summed E-state index contributed by atoms with van der Waals surface area (Å²) in [6, 6.07) is 4.82. The molecule has 2 rings (SSSR count). The van der Waals surface area contributed by atoms with Gasteiger partial charge in [0.05, 0.1) is 11.4 Å². The summed E-state index contributed by atoms with van der Waals surface area (Å²) < 4.78 is 32.8. The molecule has 1 aromatic rings. The van der Waals surface area contributed by atoms with E-state index in [1.54, 1.807) is 0 Å². The molecule has 1 heterocycles. The average Bonchev–Trinajstić information content (AvgIpc) is 2.56. The van der Waals surface area contributed by atoms with Crippen LogP contribution in [0.5, 0.6) is 0 Å². The normalized spacial score (nSPS) is 15.0. The molecule has 132 valence electrons. The Morgan fingerprint density at radius 3 is 2.19 bits per heavy atom. The maximum Gasteiger partial charge on any atom is 1.00 e. The minimum absolute atomic E-state index is 0. The van der Waals surface area contributed by atoms with Crippen LogP contribution in [0.3, 0.4) is 0 Å². The zero-order valence-electron chi connectivity index (χ0n) is 14.5. The van der Waals surface area contributed by atoms with E-state index in [-0.39, 0.29) is 52.8 Å². The molecule has 0 saturated carbocycles. The molecule has 10 heteroatoms. The van der Waals surface area contributed by atoms with Crippen LogP contribution in [0.2, 0.25) is 0 Å². The van der Waals surface area contributed by atoms with Crippen molar-refractivity contribution in [3.05, 3.63) is 53.1 Å². The first-order valence-electron chi connectivity index (χ1n) is 7.11. The summed E-state index contributed by atoms with van der Waals surface area (Å²) >= 11 is 0. The second kappa shape index (κ2) is 8.28. The molecule has 8 nitrogen and oxygen atoms in total. The van der Waals surface area contributed by atoms with Gasteiger partial charge in [0.2, 0.25) is 0 Å². The second-order valence-corrected chi connectivity index (χ2v) is 6.73. The van der Waals surface area contributed by atoms with Crippen molar-refractivity contribution < 1.29 is 56.9 Å². The maximum atomic E-state index is 12.5. The third-order valence-corrected chi connectivity index (χ3v) is 4.65. The van der Waals surface area contributed by atoms with Gasteiger partial charge >= 0.3 is 29.6 Å². The molecule has 0 unspecified atom stereocenters. The van der Waals surface area contributed by atoms with Gasteiger partial charge in [0, 0.05) is 12.6 Å². The summed E-state index contributed by atoms with van der Waals surface area (Å²) in [5, 5.41) is 2.34. The van der Waals surface area contributed by atoms with E-state index in [9.17, 15) is 27.4 Å². The van der Waals surface area contributed by atoms with Crippen LogP contribution in [0, 0.1) is 0 Å². The Kier molecular flexibility index (Phi) is 7.09. The largest absolute Gasteiger partial charge is 1.00 e. The Morgan fingerprint density at radius 2 is 1.73 bits per heavy atom. The van der Waals surface area contributed by atoms with Crippen LogP contribution in [0.4, 0.5) is 0 Å². The van der Waals surface area contributed by atoms with Crippen molar-refractivity contribution in [1.29, 1.82) is 0 Å². The first kappa shape index (κ1) is 22.3. The SMILES string of the molecule is C=C1C(=O)N(Cc2ccc(S(=O)(=O)[O-])cc2)C(=O)C(C(=O)NC)=C1C.[Na+]. The molecule has 1 aliphatic heterocycles. The molecule has 1 aliphatic rings. The monoisotopic (exact) mass is 386 g/mol. The first-order chi connectivity index (χ1) is 11.6. The Labute approximate surface area is 173 Å². The minimum atomic E-state index is -4.59. The van der Waals surface area contributed by atoms with E-state index in [1.165, 1.54) is 26.1 Å². The number of carbonyl (C=O) groups is 3. The summed E-state index contributed by atoms with van der Waals surface area (Å²) in [5.41, 5.74) is 0.471. The number of likely N-dealkylation sites (N-methyl/N-ethyl adjacent to an activating group) is 1. The zero-order valence-corrected chi connectivity index (χ0v) is 17.3. The van der Waals surface area contributed by atoms with E-state index in [1.807, 2.05) is 0 Å². The van der Waals surface area contributed by atoms with E-state index >= 15 is 0 Å². The number of nitrogens with zero attached hydrogens (tertiary/aromatic N) is 1. The number of amides is 3. The number of hydrogen-bond donors (Lipinski definition) is 1. The van der Waals surface area contributed by atoms with Crippen molar-refractivity contribution in [3.8, 4) is 0 Å². The van der Waals surface area contributed by atoms with Gasteiger partial charge in [-0.3, -0.25) is 19.3 Å². The molecule has 0 saturated heterocycles. The van der Waals surface area contributed by atoms with Gasteiger partial charge in [-0.2, -0.15) is 0 Å². The van der Waals surface area contributed by atoms with E-state index in [2.05, 4.69) is 11.9 Å². The number of rotatable bonds is 4. The molecule has 0 bridgehead atoms. The minimum Gasteiger partial charge on any atom is -0.744 e. The molecule has 1 N–H and O–H groups in total. The Balaban J connectivity index is 0.00000338. The van der Waals surface area contributed by atoms with Crippen LogP contribution in [-0.4, -0.2) is 42.6 Å². The van der Waals surface area contributed by atoms with Gasteiger partial charge in [-0.1, -0.05) is 18.7 Å². The van der Waals surface area contributed by atoms with Crippen LogP contribution >= 0.6 is 0 Å². The van der Waals surface area contributed by atoms with Crippen molar-refractivity contribution in [2.45, 2.75) is 18.4 Å². The molecule has 0 spiro atoms. The summed E-state index contributed by atoms with van der Waals surface area (Å²) in [4.78, 5) is 37.2. The summed E-state index contributed by atoms with van der Waals surface area (Å²) in [6.45, 7) is 4.89. The second-order valence-electron chi connectivity index (χ2n) is 5.35. The molecule has 3 amide bonds. The maximum absolute atomic E-state index is 12.5. The summed E-state index contributed by atoms with van der Waals surface area (Å²) in [7, 11) is -3.22. The number of imide groups is 1. The zero-order chi connectivity index (χ0) is 18.9. The van der Waals surface area contributed by atoms with Gasteiger partial charge in [-0.05, 0) is 30.2 Å². The van der Waals surface area contributed by atoms with Crippen molar-refractivity contribution in [2.24, 2.45) is 0 Å². The van der Waals surface area contributed by atoms with Crippen LogP contribution in [0.25, 0.3) is 0 Å². The third-order valence-electron chi connectivity index (χ3n) is 3.80. The Hall–Kier alpha value is -1.78. The average molecular weight is 386 g/mol. The number of carbonyl (C=O) groups excluding carboxylic acids is 3. The quantitative estimate of drug-likeness (QED) is 0.194. The van der Waals surface area contributed by atoms with Gasteiger partial charge < -0.3 is 9.87 Å². The van der Waals surface area contributed by atoms with E-state index in [4.69, 9.17) is 0 Å². The van der Waals surface area contributed by atoms with E-state index in [0.717, 1.165) is 17.0 Å². The van der Waals surface area contributed by atoms with Gasteiger partial charge in [0.25, 0.3) is 17.7 Å². The first-order valence-corrected chi connectivity index (χ1v) is 8.52. The fourth-order valence-corrected chi connectivity index (χ4v) is 2.81. The number of benzene rings is 1. The predicted octanol–water partition coefficient (Wildman–Crippen LogP) is -2.92. The van der Waals surface area contributed by atoms with Crippen LogP contribution in [-0.2, 0) is 31.0 Å². The topological polar surface area (TPSA) is 124 Å². The molecule has 26 heavy (non-hydrogen) atoms. The molecular formula is C16H15N2NaO6S. The van der Waals surface area contributed by atoms with Crippen LogP contribution in [0.15, 0.2) is 52.5 Å². The third kappa shape index (κ3) is 4.30. The molecular weight excluding hydrogens is 371 g/mol. The Bertz CT molecular complexity index is 919. The van der Waals surface area contributed by atoms with Gasteiger partial charge in [-0.15, -0.1) is 0 Å². The van der Waals surface area contributed by atoms with Crippen molar-refractivity contribution in [1.82, 2.24) is 10.2 Å². The van der Waals surface area contributed by atoms with Crippen molar-refractivity contribution >= 4 is 27.8 Å². The molecule has 0 fully saturated rings. The van der Waals surface area contributed by atoms with E-state index < -0.39 is 32.7 Å². The fourth-order valence-electron chi connectivity index (χ4n) is 2.34. The van der Waals surface area contributed by atoms with Crippen LogP contribution in [0.1, 0.15) is 12.5 Å². The molecule has 1 aromatic carbocycles. The van der Waals surface area contributed by atoms with Crippen molar-refractivity contribution in [2.75, 3.05) is 7.05 Å². The van der Waals surface area contributed by atoms with Gasteiger partial charge in [0.1, 0.15) is 15.7 Å². The fraction of sp³-hybridized carbons (Fsp3) is 0.188. The smallest absolute Gasteiger partial charge is 0.744 e. The van der Waals surface area contributed by atoms with Gasteiger partial charge in [-0.25, -0.2) is 8.42 Å². The van der Waals surface area contributed by atoms with Crippen LogP contribution < -0.4 is 34.9 Å². The van der Waals surface area contributed by atoms with E-state index in [0.29, 0.717) is 5.56 Å². The number of hydrogen-bond acceptors (Lipinski definition) is 6. The molecule has 0 atom stereocenters. The molecule has 0 aromatic heterocycles. The van der Waals surface area contributed by atoms with Gasteiger partial charge in [0.15, 0.2) is 0 Å². The predicted molar refractivity (Wildman–Crippen MR) is 85.9 cm³/mol.